The van der Waals surface area contributed by atoms with E-state index >= 15 is 0 Å². The Hall–Kier alpha value is -3.13. The summed E-state index contributed by atoms with van der Waals surface area (Å²) in [6.45, 7) is 3.77. The summed E-state index contributed by atoms with van der Waals surface area (Å²) in [5.74, 6) is 0.473. The molecule has 0 unspecified atom stereocenters. The molecule has 2 aliphatic rings. The maximum absolute atomic E-state index is 12.4. The van der Waals surface area contributed by atoms with Crippen molar-refractivity contribution in [3.63, 3.8) is 0 Å². The molecule has 28 heavy (non-hydrogen) atoms. The van der Waals surface area contributed by atoms with Gasteiger partial charge in [-0.3, -0.25) is 19.5 Å². The van der Waals surface area contributed by atoms with Crippen molar-refractivity contribution >= 4 is 11.8 Å². The van der Waals surface area contributed by atoms with Crippen molar-refractivity contribution in [3.05, 3.63) is 53.9 Å². The monoisotopic (exact) mass is 382 g/mol. The Morgan fingerprint density at radius 3 is 2.64 bits per heavy atom. The van der Waals surface area contributed by atoms with Crippen LogP contribution in [0, 0.1) is 0 Å². The first-order valence-electron chi connectivity index (χ1n) is 9.27. The van der Waals surface area contributed by atoms with Gasteiger partial charge < -0.3 is 19.7 Å². The number of benzene rings is 1. The van der Waals surface area contributed by atoms with Crippen molar-refractivity contribution in [2.75, 3.05) is 33.0 Å². The van der Waals surface area contributed by atoms with E-state index in [-0.39, 0.29) is 13.3 Å². The molecule has 8 nitrogen and oxygen atoms in total. The fourth-order valence-electron chi connectivity index (χ4n) is 3.30. The SMILES string of the molecule is O=C(NCc1ccccn1)C(=O)N1CCN(Cc2ccc3c(c2)OCO3)CC1. The molecular weight excluding hydrogens is 360 g/mol. The van der Waals surface area contributed by atoms with Gasteiger partial charge in [0.05, 0.1) is 12.2 Å². The van der Waals surface area contributed by atoms with Gasteiger partial charge in [0.1, 0.15) is 0 Å². The Balaban J connectivity index is 1.24. The molecule has 0 spiro atoms. The van der Waals surface area contributed by atoms with E-state index in [1.54, 1.807) is 23.2 Å². The zero-order valence-electron chi connectivity index (χ0n) is 15.5. The van der Waals surface area contributed by atoms with Gasteiger partial charge >= 0.3 is 11.8 Å². The van der Waals surface area contributed by atoms with Crippen LogP contribution in [-0.4, -0.2) is 59.6 Å². The molecule has 1 saturated heterocycles. The average Bonchev–Trinajstić information content (AvgIpc) is 3.21. The van der Waals surface area contributed by atoms with Gasteiger partial charge in [0.15, 0.2) is 11.5 Å². The molecule has 0 aliphatic carbocycles. The number of aromatic nitrogens is 1. The van der Waals surface area contributed by atoms with Crippen LogP contribution in [0.5, 0.6) is 11.5 Å². The molecule has 3 heterocycles. The summed E-state index contributed by atoms with van der Waals surface area (Å²) in [4.78, 5) is 32.5. The smallest absolute Gasteiger partial charge is 0.311 e. The van der Waals surface area contributed by atoms with E-state index in [4.69, 9.17) is 9.47 Å². The molecule has 0 radical (unpaired) electrons. The number of nitrogens with zero attached hydrogens (tertiary/aromatic N) is 3. The van der Waals surface area contributed by atoms with Crippen LogP contribution >= 0.6 is 0 Å². The van der Waals surface area contributed by atoms with Crippen molar-refractivity contribution in [3.8, 4) is 11.5 Å². The van der Waals surface area contributed by atoms with E-state index in [1.807, 2.05) is 24.3 Å². The van der Waals surface area contributed by atoms with E-state index < -0.39 is 11.8 Å². The molecule has 146 valence electrons. The summed E-state index contributed by atoms with van der Waals surface area (Å²) in [5, 5.41) is 2.64. The van der Waals surface area contributed by atoms with Crippen LogP contribution in [0.15, 0.2) is 42.6 Å². The van der Waals surface area contributed by atoms with Crippen LogP contribution in [0.25, 0.3) is 0 Å². The van der Waals surface area contributed by atoms with Crippen molar-refractivity contribution in [1.29, 1.82) is 0 Å². The van der Waals surface area contributed by atoms with Crippen LogP contribution in [-0.2, 0) is 22.7 Å². The Morgan fingerprint density at radius 2 is 1.86 bits per heavy atom. The number of carbonyl (C=O) groups is 2. The molecule has 0 bridgehead atoms. The first-order chi connectivity index (χ1) is 13.7. The molecule has 2 aliphatic heterocycles. The lowest BCUT2D eigenvalue weighted by atomic mass is 10.1. The molecule has 1 aromatic heterocycles. The minimum Gasteiger partial charge on any atom is -0.454 e. The predicted octanol–water partition coefficient (Wildman–Crippen LogP) is 0.771. The molecule has 0 saturated carbocycles. The second kappa shape index (κ2) is 8.26. The Kier molecular flexibility index (Phi) is 5.38. The van der Waals surface area contributed by atoms with E-state index in [0.717, 1.165) is 29.3 Å². The number of amides is 2. The number of nitrogens with one attached hydrogen (secondary N) is 1. The van der Waals surface area contributed by atoms with Crippen molar-refractivity contribution < 1.29 is 19.1 Å². The number of piperazine rings is 1. The molecule has 0 atom stereocenters. The van der Waals surface area contributed by atoms with Crippen LogP contribution in [0.4, 0.5) is 0 Å². The number of fused-ring (bicyclic) bond motifs is 1. The van der Waals surface area contributed by atoms with E-state index in [9.17, 15) is 9.59 Å². The maximum atomic E-state index is 12.4. The first-order valence-corrected chi connectivity index (χ1v) is 9.27. The van der Waals surface area contributed by atoms with Gasteiger partial charge in [-0.25, -0.2) is 0 Å². The average molecular weight is 382 g/mol. The Morgan fingerprint density at radius 1 is 1.04 bits per heavy atom. The van der Waals surface area contributed by atoms with Crippen molar-refractivity contribution in [2.45, 2.75) is 13.1 Å². The molecule has 2 amide bonds. The highest BCUT2D eigenvalue weighted by molar-refractivity contribution is 6.34. The normalized spacial score (nSPS) is 16.1. The number of rotatable bonds is 4. The lowest BCUT2D eigenvalue weighted by Gasteiger charge is -2.34. The van der Waals surface area contributed by atoms with Crippen LogP contribution in [0.3, 0.4) is 0 Å². The van der Waals surface area contributed by atoms with Gasteiger partial charge in [0.2, 0.25) is 6.79 Å². The first kappa shape index (κ1) is 18.2. The van der Waals surface area contributed by atoms with Gasteiger partial charge in [0, 0.05) is 38.9 Å². The molecule has 8 heteroatoms. The van der Waals surface area contributed by atoms with Crippen LogP contribution < -0.4 is 14.8 Å². The summed E-state index contributed by atoms with van der Waals surface area (Å²) >= 11 is 0. The predicted molar refractivity (Wildman–Crippen MR) is 101 cm³/mol. The third-order valence-electron chi connectivity index (χ3n) is 4.85. The zero-order valence-corrected chi connectivity index (χ0v) is 15.5. The van der Waals surface area contributed by atoms with E-state index in [0.29, 0.717) is 26.2 Å². The van der Waals surface area contributed by atoms with Crippen LogP contribution in [0.1, 0.15) is 11.3 Å². The van der Waals surface area contributed by atoms with Gasteiger partial charge in [-0.1, -0.05) is 12.1 Å². The van der Waals surface area contributed by atoms with Gasteiger partial charge in [-0.2, -0.15) is 0 Å². The van der Waals surface area contributed by atoms with Gasteiger partial charge in [0.25, 0.3) is 0 Å². The molecule has 1 aromatic carbocycles. The summed E-state index contributed by atoms with van der Waals surface area (Å²) in [5.41, 5.74) is 1.86. The summed E-state index contributed by atoms with van der Waals surface area (Å²) in [6.07, 6.45) is 1.66. The quantitative estimate of drug-likeness (QED) is 0.787. The number of hydrogen-bond acceptors (Lipinski definition) is 6. The highest BCUT2D eigenvalue weighted by Gasteiger charge is 2.26. The lowest BCUT2D eigenvalue weighted by Crippen LogP contribution is -2.52. The minimum atomic E-state index is -0.588. The highest BCUT2D eigenvalue weighted by atomic mass is 16.7. The zero-order chi connectivity index (χ0) is 19.3. The van der Waals surface area contributed by atoms with Crippen molar-refractivity contribution in [2.24, 2.45) is 0 Å². The maximum Gasteiger partial charge on any atom is 0.311 e. The fourth-order valence-corrected chi connectivity index (χ4v) is 3.30. The van der Waals surface area contributed by atoms with Crippen molar-refractivity contribution in [1.82, 2.24) is 20.1 Å². The summed E-state index contributed by atoms with van der Waals surface area (Å²) < 4.78 is 10.7. The summed E-state index contributed by atoms with van der Waals surface area (Å²) in [7, 11) is 0. The largest absolute Gasteiger partial charge is 0.454 e. The molecule has 2 aromatic rings. The second-order valence-corrected chi connectivity index (χ2v) is 6.76. The Bertz CT molecular complexity index is 851. The molecular formula is C20H22N4O4. The fraction of sp³-hybridized carbons (Fsp3) is 0.350. The van der Waals surface area contributed by atoms with Gasteiger partial charge in [-0.15, -0.1) is 0 Å². The van der Waals surface area contributed by atoms with E-state index in [1.165, 1.54) is 0 Å². The number of hydrogen-bond donors (Lipinski definition) is 1. The minimum absolute atomic E-state index is 0.246. The molecule has 1 N–H and O–H groups in total. The number of pyridine rings is 1. The topological polar surface area (TPSA) is 84.0 Å². The lowest BCUT2D eigenvalue weighted by molar-refractivity contribution is -0.147. The summed E-state index contributed by atoms with van der Waals surface area (Å²) in [6, 6.07) is 11.4. The number of carbonyl (C=O) groups excluding carboxylic acids is 2. The molecule has 4 rings (SSSR count). The molecule has 1 fully saturated rings. The Labute approximate surface area is 163 Å². The second-order valence-electron chi connectivity index (χ2n) is 6.76. The standard InChI is InChI=1S/C20H22N4O4/c25-19(22-12-16-3-1-2-6-21-16)20(26)24-9-7-23(8-10-24)13-15-4-5-17-18(11-15)28-14-27-17/h1-6,11H,7-10,12-14H2,(H,22,25). The van der Waals surface area contributed by atoms with Gasteiger partial charge in [-0.05, 0) is 29.8 Å². The third kappa shape index (κ3) is 4.23. The highest BCUT2D eigenvalue weighted by Crippen LogP contribution is 2.32. The number of ether oxygens (including phenoxy) is 2. The third-order valence-corrected chi connectivity index (χ3v) is 4.85. The van der Waals surface area contributed by atoms with Crippen LogP contribution in [0.2, 0.25) is 0 Å². The van der Waals surface area contributed by atoms with E-state index in [2.05, 4.69) is 15.2 Å².